The van der Waals surface area contributed by atoms with Crippen LogP contribution in [0.4, 0.5) is 0 Å². The average Bonchev–Trinajstić information content (AvgIpc) is 2.53. The lowest BCUT2D eigenvalue weighted by Crippen LogP contribution is -2.30. The second-order valence-electron chi connectivity index (χ2n) is 4.58. The monoisotopic (exact) mass is 169 g/mol. The van der Waals surface area contributed by atoms with Gasteiger partial charge in [0.15, 0.2) is 0 Å². The van der Waals surface area contributed by atoms with Gasteiger partial charge in [-0.2, -0.15) is 0 Å². The van der Waals surface area contributed by atoms with Gasteiger partial charge in [-0.25, -0.2) is 0 Å². The Morgan fingerprint density at radius 3 is 2.17 bits per heavy atom. The highest BCUT2D eigenvalue weighted by Crippen LogP contribution is 2.44. The summed E-state index contributed by atoms with van der Waals surface area (Å²) in [6.07, 6.45) is 2.46. The van der Waals surface area contributed by atoms with Crippen molar-refractivity contribution in [3.63, 3.8) is 0 Å². The van der Waals surface area contributed by atoms with Crippen molar-refractivity contribution in [2.45, 2.75) is 51.2 Å². The maximum absolute atomic E-state index is 5.35. The lowest BCUT2D eigenvalue weighted by molar-refractivity contribution is 0.0567. The van der Waals surface area contributed by atoms with Crippen LogP contribution in [0.1, 0.15) is 33.6 Å². The van der Waals surface area contributed by atoms with Crippen LogP contribution in [-0.4, -0.2) is 35.7 Å². The molecule has 0 aliphatic carbocycles. The van der Waals surface area contributed by atoms with E-state index in [2.05, 4.69) is 25.7 Å². The van der Waals surface area contributed by atoms with Gasteiger partial charge < -0.3 is 4.74 Å². The zero-order valence-electron chi connectivity index (χ0n) is 8.34. The summed E-state index contributed by atoms with van der Waals surface area (Å²) in [7, 11) is 0. The molecule has 2 heteroatoms. The first kappa shape index (κ1) is 8.52. The van der Waals surface area contributed by atoms with Crippen LogP contribution in [0.25, 0.3) is 0 Å². The first-order valence-electron chi connectivity index (χ1n) is 5.00. The van der Waals surface area contributed by atoms with Gasteiger partial charge in [0, 0.05) is 30.8 Å². The summed E-state index contributed by atoms with van der Waals surface area (Å²) in [5.74, 6) is 0. The van der Waals surface area contributed by atoms with Crippen LogP contribution in [0.15, 0.2) is 0 Å². The predicted molar refractivity (Wildman–Crippen MR) is 49.2 cm³/mol. The Morgan fingerprint density at radius 1 is 1.25 bits per heavy atom. The largest absolute Gasteiger partial charge is 0.381 e. The molecule has 0 amide bonds. The standard InChI is InChI=1S/C10H19NO/c1-8-10(2,3)11(8)9-4-6-12-7-5-9/h8-9H,4-7H2,1-3H3/t8-,11?/m0/s1. The van der Waals surface area contributed by atoms with Gasteiger partial charge >= 0.3 is 0 Å². The van der Waals surface area contributed by atoms with Crippen molar-refractivity contribution >= 4 is 0 Å². The van der Waals surface area contributed by atoms with Crippen molar-refractivity contribution in [1.29, 1.82) is 0 Å². The number of rotatable bonds is 1. The molecule has 12 heavy (non-hydrogen) atoms. The van der Waals surface area contributed by atoms with E-state index in [1.54, 1.807) is 0 Å². The molecule has 2 fully saturated rings. The van der Waals surface area contributed by atoms with Crippen LogP contribution >= 0.6 is 0 Å². The molecular weight excluding hydrogens is 150 g/mol. The van der Waals surface area contributed by atoms with E-state index in [1.807, 2.05) is 0 Å². The maximum atomic E-state index is 5.35. The second kappa shape index (κ2) is 2.71. The Labute approximate surface area is 74.9 Å². The van der Waals surface area contributed by atoms with Crippen molar-refractivity contribution in [2.24, 2.45) is 0 Å². The second-order valence-corrected chi connectivity index (χ2v) is 4.58. The first-order chi connectivity index (χ1) is 5.64. The van der Waals surface area contributed by atoms with E-state index >= 15 is 0 Å². The summed E-state index contributed by atoms with van der Waals surface area (Å²) >= 11 is 0. The van der Waals surface area contributed by atoms with Gasteiger partial charge in [0.1, 0.15) is 0 Å². The Morgan fingerprint density at radius 2 is 1.75 bits per heavy atom. The summed E-state index contributed by atoms with van der Waals surface area (Å²) in [5.41, 5.74) is 0.460. The van der Waals surface area contributed by atoms with Crippen LogP contribution in [-0.2, 0) is 4.74 Å². The quantitative estimate of drug-likeness (QED) is 0.553. The lowest BCUT2D eigenvalue weighted by atomic mass is 10.1. The fraction of sp³-hybridized carbons (Fsp3) is 1.00. The van der Waals surface area contributed by atoms with E-state index in [9.17, 15) is 0 Å². The Kier molecular flexibility index (Phi) is 1.92. The van der Waals surface area contributed by atoms with Crippen LogP contribution in [0.5, 0.6) is 0 Å². The number of hydrogen-bond donors (Lipinski definition) is 0. The minimum Gasteiger partial charge on any atom is -0.381 e. The van der Waals surface area contributed by atoms with E-state index < -0.39 is 0 Å². The number of nitrogens with zero attached hydrogens (tertiary/aromatic N) is 1. The zero-order valence-corrected chi connectivity index (χ0v) is 8.34. The van der Waals surface area contributed by atoms with Crippen molar-refractivity contribution < 1.29 is 4.74 Å². The minimum atomic E-state index is 0.460. The molecule has 0 aromatic carbocycles. The van der Waals surface area contributed by atoms with Crippen LogP contribution in [0.2, 0.25) is 0 Å². The third kappa shape index (κ3) is 1.17. The molecule has 70 valence electrons. The molecule has 2 aliphatic heterocycles. The van der Waals surface area contributed by atoms with Gasteiger partial charge in [-0.1, -0.05) is 0 Å². The van der Waals surface area contributed by atoms with Crippen molar-refractivity contribution in [3.05, 3.63) is 0 Å². The molecule has 0 spiro atoms. The van der Waals surface area contributed by atoms with Crippen molar-refractivity contribution in [3.8, 4) is 0 Å². The lowest BCUT2D eigenvalue weighted by Gasteiger charge is -2.25. The molecule has 1 unspecified atom stereocenters. The summed E-state index contributed by atoms with van der Waals surface area (Å²) < 4.78 is 5.35. The topological polar surface area (TPSA) is 12.2 Å². The highest BCUT2D eigenvalue weighted by molar-refractivity contribution is 5.11. The van der Waals surface area contributed by atoms with Gasteiger partial charge in [-0.3, -0.25) is 4.90 Å². The Bertz CT molecular complexity index is 173. The van der Waals surface area contributed by atoms with Gasteiger partial charge in [-0.15, -0.1) is 0 Å². The summed E-state index contributed by atoms with van der Waals surface area (Å²) in [6.45, 7) is 8.93. The van der Waals surface area contributed by atoms with Gasteiger partial charge in [0.25, 0.3) is 0 Å². The van der Waals surface area contributed by atoms with E-state index in [0.717, 1.165) is 25.3 Å². The normalized spacial score (nSPS) is 41.2. The molecule has 2 aliphatic rings. The Hall–Kier alpha value is -0.0800. The highest BCUT2D eigenvalue weighted by atomic mass is 16.5. The van der Waals surface area contributed by atoms with Crippen LogP contribution in [0, 0.1) is 0 Å². The third-order valence-corrected chi connectivity index (χ3v) is 3.62. The first-order valence-corrected chi connectivity index (χ1v) is 5.00. The molecule has 2 saturated heterocycles. The van der Waals surface area contributed by atoms with E-state index in [0.29, 0.717) is 5.54 Å². The smallest absolute Gasteiger partial charge is 0.0480 e. The van der Waals surface area contributed by atoms with Gasteiger partial charge in [0.05, 0.1) is 0 Å². The van der Waals surface area contributed by atoms with Crippen LogP contribution in [0.3, 0.4) is 0 Å². The molecule has 0 bridgehead atoms. The zero-order chi connectivity index (χ0) is 8.77. The highest BCUT2D eigenvalue weighted by Gasteiger charge is 2.55. The molecule has 2 rings (SSSR count). The summed E-state index contributed by atoms with van der Waals surface area (Å²) in [4.78, 5) is 2.63. The fourth-order valence-corrected chi connectivity index (χ4v) is 2.47. The molecule has 0 N–H and O–H groups in total. The van der Waals surface area contributed by atoms with Gasteiger partial charge in [-0.05, 0) is 33.6 Å². The summed E-state index contributed by atoms with van der Waals surface area (Å²) in [6, 6.07) is 1.57. The molecule has 0 aromatic rings. The summed E-state index contributed by atoms with van der Waals surface area (Å²) in [5, 5.41) is 0. The van der Waals surface area contributed by atoms with Crippen molar-refractivity contribution in [2.75, 3.05) is 13.2 Å². The SMILES string of the molecule is C[C@@H]1N(C2CCOCC2)C1(C)C. The third-order valence-electron chi connectivity index (χ3n) is 3.62. The molecule has 2 nitrogen and oxygen atoms in total. The molecule has 2 atom stereocenters. The maximum Gasteiger partial charge on any atom is 0.0480 e. The van der Waals surface area contributed by atoms with Crippen LogP contribution < -0.4 is 0 Å². The molecule has 2 heterocycles. The van der Waals surface area contributed by atoms with E-state index in [4.69, 9.17) is 4.74 Å². The average molecular weight is 169 g/mol. The Balaban J connectivity index is 1.93. The molecule has 0 saturated carbocycles. The predicted octanol–water partition coefficient (Wildman–Crippen LogP) is 1.65. The molecular formula is C10H19NO. The minimum absolute atomic E-state index is 0.460. The molecule has 0 radical (unpaired) electrons. The fourth-order valence-electron chi connectivity index (χ4n) is 2.47. The molecule has 0 aromatic heterocycles. The van der Waals surface area contributed by atoms with Gasteiger partial charge in [0.2, 0.25) is 0 Å². The number of hydrogen-bond acceptors (Lipinski definition) is 2. The van der Waals surface area contributed by atoms with E-state index in [1.165, 1.54) is 12.8 Å². The van der Waals surface area contributed by atoms with E-state index in [-0.39, 0.29) is 0 Å². The van der Waals surface area contributed by atoms with Crippen molar-refractivity contribution in [1.82, 2.24) is 4.90 Å². The number of ether oxygens (including phenoxy) is 1.